The summed E-state index contributed by atoms with van der Waals surface area (Å²) in [5.41, 5.74) is 7.37. The average Bonchev–Trinajstić information content (AvgIpc) is 2.75. The maximum atomic E-state index is 11.1. The van der Waals surface area contributed by atoms with Crippen LogP contribution in [0.15, 0.2) is 36.7 Å². The van der Waals surface area contributed by atoms with Gasteiger partial charge in [0, 0.05) is 36.4 Å². The number of aryl methyl sites for hydroxylation is 1. The minimum absolute atomic E-state index is 0.182. The van der Waals surface area contributed by atoms with Gasteiger partial charge >= 0.3 is 0 Å². The van der Waals surface area contributed by atoms with Gasteiger partial charge in [-0.25, -0.2) is 13.4 Å². The fraction of sp³-hybridized carbons (Fsp3) is 0.308. The van der Waals surface area contributed by atoms with E-state index in [0.29, 0.717) is 18.7 Å². The largest absolute Gasteiger partial charge is 0.399 e. The Balaban J connectivity index is 2.14. The van der Waals surface area contributed by atoms with E-state index in [-0.39, 0.29) is 5.75 Å². The van der Waals surface area contributed by atoms with Crippen molar-refractivity contribution in [1.82, 2.24) is 9.55 Å². The van der Waals surface area contributed by atoms with Crippen molar-refractivity contribution in [3.63, 3.8) is 0 Å². The maximum Gasteiger partial charge on any atom is 0.147 e. The minimum atomic E-state index is -2.92. The Bertz CT molecular complexity index is 662. The van der Waals surface area contributed by atoms with Gasteiger partial charge in [0.25, 0.3) is 0 Å². The van der Waals surface area contributed by atoms with E-state index in [4.69, 9.17) is 5.73 Å². The first-order valence-electron chi connectivity index (χ1n) is 6.00. The number of imidazole rings is 1. The van der Waals surface area contributed by atoms with Gasteiger partial charge in [-0.2, -0.15) is 0 Å². The molecule has 0 aliphatic heterocycles. The fourth-order valence-electron chi connectivity index (χ4n) is 1.92. The Morgan fingerprint density at radius 3 is 2.84 bits per heavy atom. The summed E-state index contributed by atoms with van der Waals surface area (Å²) in [6.45, 7) is 0.622. The van der Waals surface area contributed by atoms with Crippen molar-refractivity contribution < 1.29 is 8.42 Å². The average molecular weight is 279 g/mol. The van der Waals surface area contributed by atoms with Crippen LogP contribution >= 0.6 is 0 Å². The summed E-state index contributed by atoms with van der Waals surface area (Å²) in [4.78, 5) is 4.30. The molecular formula is C13H17N3O2S. The van der Waals surface area contributed by atoms with Gasteiger partial charge in [-0.3, -0.25) is 0 Å². The predicted octanol–water partition coefficient (Wildman–Crippen LogP) is 1.57. The molecular weight excluding hydrogens is 262 g/mol. The highest BCUT2D eigenvalue weighted by Crippen LogP contribution is 2.20. The quantitative estimate of drug-likeness (QED) is 0.843. The van der Waals surface area contributed by atoms with Crippen LogP contribution in [0.1, 0.15) is 6.42 Å². The zero-order valence-electron chi connectivity index (χ0n) is 10.8. The van der Waals surface area contributed by atoms with Crippen molar-refractivity contribution in [2.24, 2.45) is 0 Å². The van der Waals surface area contributed by atoms with Crippen LogP contribution < -0.4 is 5.73 Å². The molecule has 1 aromatic heterocycles. The monoisotopic (exact) mass is 279 g/mol. The highest BCUT2D eigenvalue weighted by atomic mass is 32.2. The van der Waals surface area contributed by atoms with E-state index in [9.17, 15) is 8.42 Å². The molecule has 0 saturated carbocycles. The van der Waals surface area contributed by atoms with E-state index in [1.807, 2.05) is 35.0 Å². The third-order valence-electron chi connectivity index (χ3n) is 2.77. The zero-order valence-corrected chi connectivity index (χ0v) is 11.6. The Morgan fingerprint density at radius 2 is 2.16 bits per heavy atom. The number of hydrogen-bond acceptors (Lipinski definition) is 4. The summed E-state index contributed by atoms with van der Waals surface area (Å²) in [5.74, 6) is 0.988. The second kappa shape index (κ2) is 5.44. The first-order chi connectivity index (χ1) is 8.96. The molecule has 1 heterocycles. The maximum absolute atomic E-state index is 11.1. The second-order valence-electron chi connectivity index (χ2n) is 4.55. The summed E-state index contributed by atoms with van der Waals surface area (Å²) in [6.07, 6.45) is 5.38. The van der Waals surface area contributed by atoms with Crippen molar-refractivity contribution in [3.05, 3.63) is 36.7 Å². The van der Waals surface area contributed by atoms with Gasteiger partial charge < -0.3 is 10.3 Å². The number of benzene rings is 1. The van der Waals surface area contributed by atoms with E-state index in [1.54, 1.807) is 6.20 Å². The van der Waals surface area contributed by atoms with Gasteiger partial charge in [0.05, 0.1) is 5.75 Å². The highest BCUT2D eigenvalue weighted by Gasteiger charge is 2.07. The van der Waals surface area contributed by atoms with Gasteiger partial charge in [0.2, 0.25) is 0 Å². The van der Waals surface area contributed by atoms with E-state index in [1.165, 1.54) is 6.26 Å². The Morgan fingerprint density at radius 1 is 1.37 bits per heavy atom. The van der Waals surface area contributed by atoms with Crippen LogP contribution in [-0.4, -0.2) is 30.0 Å². The highest BCUT2D eigenvalue weighted by molar-refractivity contribution is 7.90. The van der Waals surface area contributed by atoms with Crippen molar-refractivity contribution in [2.75, 3.05) is 17.7 Å². The molecule has 0 atom stereocenters. The van der Waals surface area contributed by atoms with E-state index in [0.717, 1.165) is 11.4 Å². The molecule has 2 aromatic rings. The van der Waals surface area contributed by atoms with Crippen molar-refractivity contribution in [2.45, 2.75) is 13.0 Å². The van der Waals surface area contributed by atoms with Crippen LogP contribution in [0, 0.1) is 0 Å². The minimum Gasteiger partial charge on any atom is -0.399 e. The molecule has 19 heavy (non-hydrogen) atoms. The lowest BCUT2D eigenvalue weighted by Crippen LogP contribution is -2.08. The molecule has 0 aliphatic rings. The van der Waals surface area contributed by atoms with Gasteiger partial charge in [-0.1, -0.05) is 12.1 Å². The molecule has 0 aliphatic carbocycles. The SMILES string of the molecule is CS(=O)(=O)CCCn1ccnc1-c1cccc(N)c1. The fourth-order valence-corrected chi connectivity index (χ4v) is 2.58. The van der Waals surface area contributed by atoms with Crippen LogP contribution in [0.25, 0.3) is 11.4 Å². The topological polar surface area (TPSA) is 78.0 Å². The van der Waals surface area contributed by atoms with Crippen molar-refractivity contribution in [1.29, 1.82) is 0 Å². The Hall–Kier alpha value is -1.82. The number of nitrogens with two attached hydrogens (primary N) is 1. The summed E-state index contributed by atoms with van der Waals surface area (Å²) >= 11 is 0. The molecule has 0 saturated heterocycles. The molecule has 0 spiro atoms. The van der Waals surface area contributed by atoms with Crippen molar-refractivity contribution >= 4 is 15.5 Å². The lowest BCUT2D eigenvalue weighted by molar-refractivity contribution is 0.592. The molecule has 0 fully saturated rings. The Labute approximate surface area is 113 Å². The summed E-state index contributed by atoms with van der Waals surface area (Å²) < 4.78 is 24.2. The lowest BCUT2D eigenvalue weighted by Gasteiger charge is -2.08. The number of rotatable bonds is 5. The van der Waals surface area contributed by atoms with Crippen LogP contribution in [-0.2, 0) is 16.4 Å². The van der Waals surface area contributed by atoms with Crippen LogP contribution in [0.5, 0.6) is 0 Å². The number of aromatic nitrogens is 2. The molecule has 0 radical (unpaired) electrons. The zero-order chi connectivity index (χ0) is 13.9. The molecule has 1 aromatic carbocycles. The number of hydrogen-bond donors (Lipinski definition) is 1. The molecule has 0 unspecified atom stereocenters. The molecule has 0 amide bonds. The predicted molar refractivity (Wildman–Crippen MR) is 76.4 cm³/mol. The normalized spacial score (nSPS) is 11.6. The van der Waals surface area contributed by atoms with Gasteiger partial charge in [-0.05, 0) is 18.6 Å². The van der Waals surface area contributed by atoms with Crippen molar-refractivity contribution in [3.8, 4) is 11.4 Å². The van der Waals surface area contributed by atoms with E-state index >= 15 is 0 Å². The lowest BCUT2D eigenvalue weighted by atomic mass is 10.2. The number of anilines is 1. The molecule has 6 heteroatoms. The first kappa shape index (κ1) is 13.6. The number of sulfone groups is 1. The standard InChI is InChI=1S/C13H17N3O2S/c1-19(17,18)9-3-7-16-8-6-15-13(16)11-4-2-5-12(14)10-11/h2,4-6,8,10H,3,7,9,14H2,1H3. The van der Waals surface area contributed by atoms with Crippen LogP contribution in [0.2, 0.25) is 0 Å². The molecule has 2 rings (SSSR count). The summed E-state index contributed by atoms with van der Waals surface area (Å²) in [5, 5.41) is 0. The van der Waals surface area contributed by atoms with E-state index in [2.05, 4.69) is 4.98 Å². The molecule has 5 nitrogen and oxygen atoms in total. The number of nitrogen functional groups attached to an aromatic ring is 1. The molecule has 0 bridgehead atoms. The summed E-state index contributed by atoms with van der Waals surface area (Å²) in [7, 11) is -2.92. The van der Waals surface area contributed by atoms with Gasteiger partial charge in [-0.15, -0.1) is 0 Å². The number of nitrogens with zero attached hydrogens (tertiary/aromatic N) is 2. The Kier molecular flexibility index (Phi) is 3.90. The molecule has 102 valence electrons. The van der Waals surface area contributed by atoms with E-state index < -0.39 is 9.84 Å². The smallest absolute Gasteiger partial charge is 0.147 e. The summed E-state index contributed by atoms with van der Waals surface area (Å²) in [6, 6.07) is 7.49. The van der Waals surface area contributed by atoms with Gasteiger partial charge in [0.1, 0.15) is 15.7 Å². The second-order valence-corrected chi connectivity index (χ2v) is 6.81. The van der Waals surface area contributed by atoms with Crippen LogP contribution in [0.3, 0.4) is 0 Å². The third kappa shape index (κ3) is 3.82. The van der Waals surface area contributed by atoms with Crippen LogP contribution in [0.4, 0.5) is 5.69 Å². The molecule has 2 N–H and O–H groups in total. The third-order valence-corrected chi connectivity index (χ3v) is 3.80. The van der Waals surface area contributed by atoms with Gasteiger partial charge in [0.15, 0.2) is 0 Å². The first-order valence-corrected chi connectivity index (χ1v) is 8.06.